The Morgan fingerprint density at radius 3 is 2.32 bits per heavy atom. The van der Waals surface area contributed by atoms with E-state index in [1.807, 2.05) is 0 Å². The van der Waals surface area contributed by atoms with Crippen LogP contribution >= 0.6 is 13.5 Å². The normalized spacial score (nSPS) is 49.1. The van der Waals surface area contributed by atoms with Crippen LogP contribution in [-0.4, -0.2) is 65.3 Å². The molecule has 1 saturated heterocycles. The van der Waals surface area contributed by atoms with E-state index >= 15 is 0 Å². The van der Waals surface area contributed by atoms with E-state index in [0.717, 1.165) is 31.6 Å². The van der Waals surface area contributed by atoms with Gasteiger partial charge in [0.2, 0.25) is 0 Å². The van der Waals surface area contributed by atoms with Gasteiger partial charge in [0.05, 0.1) is 23.9 Å². The van der Waals surface area contributed by atoms with Gasteiger partial charge in [-0.2, -0.15) is 13.5 Å². The van der Waals surface area contributed by atoms with Crippen molar-refractivity contribution >= 4 is 19.6 Å². The minimum atomic E-state index is -1.17. The summed E-state index contributed by atoms with van der Waals surface area (Å²) < 4.78 is 12.6. The molecule has 6 nitrogen and oxygen atoms in total. The Balaban J connectivity index is 0.00000294. The number of rotatable bonds is 3. The van der Waals surface area contributed by atoms with E-state index in [9.17, 15) is 15.0 Å². The van der Waals surface area contributed by atoms with Crippen molar-refractivity contribution in [2.75, 3.05) is 14.1 Å². The first-order chi connectivity index (χ1) is 17.2. The Kier molecular flexibility index (Phi) is 6.87. The van der Waals surface area contributed by atoms with Crippen molar-refractivity contribution in [3.8, 4) is 0 Å². The van der Waals surface area contributed by atoms with Crippen molar-refractivity contribution in [1.29, 1.82) is 0 Å². The topological polar surface area (TPSA) is 79.2 Å². The second-order valence-electron chi connectivity index (χ2n) is 15.7. The average molecular weight is 552 g/mol. The van der Waals surface area contributed by atoms with E-state index < -0.39 is 17.8 Å². The smallest absolute Gasteiger partial charge is 0.409 e. The van der Waals surface area contributed by atoms with Gasteiger partial charge in [-0.3, -0.25) is 0 Å². The highest BCUT2D eigenvalue weighted by Gasteiger charge is 2.80. The number of hydrogen-bond acceptors (Lipinski definition) is 5. The summed E-state index contributed by atoms with van der Waals surface area (Å²) in [5.74, 6) is 2.68. The monoisotopic (exact) mass is 551 g/mol. The fourth-order valence-electron chi connectivity index (χ4n) is 11.4. The Hall–Kier alpha value is -0.500. The zero-order valence-electron chi connectivity index (χ0n) is 24.8. The van der Waals surface area contributed by atoms with Gasteiger partial charge in [-0.15, -0.1) is 0 Å². The lowest BCUT2D eigenvalue weighted by atomic mass is 9.46. The molecule has 7 heteroatoms. The average Bonchev–Trinajstić information content (AvgIpc) is 3.39. The van der Waals surface area contributed by atoms with E-state index in [1.54, 1.807) is 27.9 Å². The van der Waals surface area contributed by atoms with Gasteiger partial charge in [0.25, 0.3) is 0 Å². The lowest BCUT2D eigenvalue weighted by Crippen LogP contribution is -2.55. The molecule has 5 saturated carbocycles. The van der Waals surface area contributed by atoms with Crippen LogP contribution in [-0.2, 0) is 9.47 Å². The molecule has 6 aliphatic rings. The first kappa shape index (κ1) is 29.0. The molecule has 38 heavy (non-hydrogen) atoms. The third-order valence-electron chi connectivity index (χ3n) is 13.2. The number of nitrogens with zero attached hydrogens (tertiary/aromatic N) is 1. The molecule has 0 aromatic rings. The van der Waals surface area contributed by atoms with Crippen LogP contribution in [0.2, 0.25) is 0 Å². The minimum Gasteiger partial charge on any atom is -0.440 e. The summed E-state index contributed by atoms with van der Waals surface area (Å²) in [5.41, 5.74) is 0.129. The Labute approximate surface area is 237 Å². The van der Waals surface area contributed by atoms with E-state index in [-0.39, 0.29) is 37.2 Å². The van der Waals surface area contributed by atoms with Gasteiger partial charge >= 0.3 is 6.09 Å². The molecule has 11 atom stereocenters. The van der Waals surface area contributed by atoms with Crippen LogP contribution in [0.5, 0.6) is 0 Å². The first-order valence-electron chi connectivity index (χ1n) is 15.1. The molecule has 0 radical (unpaired) electrons. The van der Waals surface area contributed by atoms with Crippen LogP contribution in [0.25, 0.3) is 0 Å². The third kappa shape index (κ3) is 3.80. The molecular formula is C31H53NO5S. The fraction of sp³-hybridized carbons (Fsp3) is 0.968. The van der Waals surface area contributed by atoms with Crippen molar-refractivity contribution in [3.63, 3.8) is 0 Å². The molecule has 1 aliphatic heterocycles. The van der Waals surface area contributed by atoms with E-state index in [1.165, 1.54) is 43.4 Å². The van der Waals surface area contributed by atoms with E-state index in [2.05, 4.69) is 20.8 Å². The predicted octanol–water partition coefficient (Wildman–Crippen LogP) is 5.50. The number of carbonyl (C=O) groups is 1. The fourth-order valence-corrected chi connectivity index (χ4v) is 11.4. The summed E-state index contributed by atoms with van der Waals surface area (Å²) >= 11 is 0. The van der Waals surface area contributed by atoms with Gasteiger partial charge in [-0.05, 0) is 123 Å². The summed E-state index contributed by atoms with van der Waals surface area (Å²) in [6.07, 6.45) is 10.5. The van der Waals surface area contributed by atoms with Crippen LogP contribution in [0.3, 0.4) is 0 Å². The second-order valence-corrected chi connectivity index (χ2v) is 15.7. The molecule has 8 unspecified atom stereocenters. The van der Waals surface area contributed by atoms with Crippen LogP contribution in [0.4, 0.5) is 4.79 Å². The zero-order chi connectivity index (χ0) is 26.8. The van der Waals surface area contributed by atoms with Gasteiger partial charge in [0.15, 0.2) is 6.10 Å². The van der Waals surface area contributed by atoms with E-state index in [0.29, 0.717) is 34.0 Å². The Morgan fingerprint density at radius 2 is 1.66 bits per heavy atom. The molecule has 0 bridgehead atoms. The molecule has 0 aromatic heterocycles. The van der Waals surface area contributed by atoms with Crippen LogP contribution in [0.1, 0.15) is 98.8 Å². The quantitative estimate of drug-likeness (QED) is 0.484. The number of hydrogen-bond donors (Lipinski definition) is 2. The zero-order valence-corrected chi connectivity index (χ0v) is 25.8. The summed E-state index contributed by atoms with van der Waals surface area (Å²) in [7, 11) is 3.35. The second kappa shape index (κ2) is 9.00. The molecule has 2 N–H and O–H groups in total. The Bertz CT molecular complexity index is 949. The molecule has 218 valence electrons. The van der Waals surface area contributed by atoms with E-state index in [4.69, 9.17) is 9.47 Å². The minimum absolute atomic E-state index is 0. The summed E-state index contributed by atoms with van der Waals surface area (Å²) in [6.45, 7) is 10.7. The molecule has 2 spiro atoms. The highest BCUT2D eigenvalue weighted by molar-refractivity contribution is 7.59. The first-order valence-corrected chi connectivity index (χ1v) is 15.1. The molecule has 5 aliphatic carbocycles. The summed E-state index contributed by atoms with van der Waals surface area (Å²) in [4.78, 5) is 13.8. The predicted molar refractivity (Wildman–Crippen MR) is 152 cm³/mol. The number of fused-ring (bicyclic) bond motifs is 4. The number of amides is 1. The maximum absolute atomic E-state index is 12.4. The van der Waals surface area contributed by atoms with Crippen molar-refractivity contribution in [2.45, 2.75) is 129 Å². The Morgan fingerprint density at radius 1 is 0.974 bits per heavy atom. The highest BCUT2D eigenvalue weighted by Crippen LogP contribution is 2.87. The van der Waals surface area contributed by atoms with Gasteiger partial charge in [0, 0.05) is 14.1 Å². The molecule has 1 heterocycles. The SMILES string of the molecule is CN(C)C(=O)O[C@@H](C1CCC2C(CC3C4CCC5C(C)(C)[C@@H](O)CCC56C[C@@]46CCC23C)O1)C(C)(C)O.S. The highest BCUT2D eigenvalue weighted by atomic mass is 32.1. The van der Waals surface area contributed by atoms with Gasteiger partial charge in [0.1, 0.15) is 0 Å². The summed E-state index contributed by atoms with van der Waals surface area (Å²) in [5, 5.41) is 21.8. The number of ether oxygens (including phenoxy) is 2. The van der Waals surface area contributed by atoms with Gasteiger partial charge in [-0.1, -0.05) is 20.8 Å². The summed E-state index contributed by atoms with van der Waals surface area (Å²) in [6, 6.07) is 0. The van der Waals surface area contributed by atoms with Crippen molar-refractivity contribution in [2.24, 2.45) is 45.3 Å². The maximum atomic E-state index is 12.4. The number of carbonyl (C=O) groups excluding carboxylic acids is 1. The molecule has 6 fully saturated rings. The number of aliphatic hydroxyl groups is 2. The van der Waals surface area contributed by atoms with Crippen molar-refractivity contribution < 1.29 is 24.5 Å². The molecule has 1 amide bonds. The van der Waals surface area contributed by atoms with Crippen LogP contribution < -0.4 is 0 Å². The lowest BCUT2D eigenvalue weighted by Gasteiger charge is -2.59. The number of aliphatic hydroxyl groups excluding tert-OH is 1. The standard InChI is InChI=1S/C31H51NO5.H2S/c1-27(2)23-11-9-18-20-16-22-19(8-10-21(36-22)25(28(3,4)35)37-26(34)32(6)7)29(20,5)14-15-30(18)17-31(23,30)13-12-24(27)33;/h18-25,33,35H,8-17H2,1-7H3;1H2/t18?,19?,20?,21?,22?,23?,24-,25-,29?,30-,31?;/m0./s1. The van der Waals surface area contributed by atoms with Gasteiger partial charge < -0.3 is 24.6 Å². The van der Waals surface area contributed by atoms with Crippen LogP contribution in [0.15, 0.2) is 0 Å². The molecule has 0 aromatic carbocycles. The largest absolute Gasteiger partial charge is 0.440 e. The molecular weight excluding hydrogens is 498 g/mol. The third-order valence-corrected chi connectivity index (χ3v) is 13.2. The van der Waals surface area contributed by atoms with Crippen LogP contribution in [0, 0.1) is 45.3 Å². The molecule has 6 rings (SSSR count). The van der Waals surface area contributed by atoms with Gasteiger partial charge in [-0.25, -0.2) is 4.79 Å². The van der Waals surface area contributed by atoms with Crippen molar-refractivity contribution in [3.05, 3.63) is 0 Å². The van der Waals surface area contributed by atoms with Crippen molar-refractivity contribution in [1.82, 2.24) is 4.90 Å². The maximum Gasteiger partial charge on any atom is 0.409 e. The lowest BCUT2D eigenvalue weighted by molar-refractivity contribution is -0.179.